The van der Waals surface area contributed by atoms with E-state index in [0.29, 0.717) is 5.92 Å². The lowest BCUT2D eigenvalue weighted by atomic mass is 10.1. The van der Waals surface area contributed by atoms with Crippen molar-refractivity contribution in [3.8, 4) is 0 Å². The lowest BCUT2D eigenvalue weighted by molar-refractivity contribution is 0.128. The van der Waals surface area contributed by atoms with Crippen molar-refractivity contribution in [2.75, 3.05) is 0 Å². The van der Waals surface area contributed by atoms with Gasteiger partial charge in [0.2, 0.25) is 0 Å². The molecule has 0 aliphatic heterocycles. The topological polar surface area (TPSA) is 51.2 Å². The fourth-order valence-corrected chi connectivity index (χ4v) is 1.72. The Balaban J connectivity index is 1.83. The molecule has 1 amide bonds. The minimum Gasteiger partial charge on any atom is -0.446 e. The Kier molecular flexibility index (Phi) is 3.05. The molecule has 1 N–H and O–H groups in total. The molecule has 4 heteroatoms. The van der Waals surface area contributed by atoms with Gasteiger partial charge in [-0.05, 0) is 38.8 Å². The fraction of sp³-hybridized carbons (Fsp3) is 0.538. The number of nitrogens with one attached hydrogen (secondary N) is 1. The number of nitrogens with zero attached hydrogens (tertiary/aromatic N) is 1. The first kappa shape index (κ1) is 11.9. The van der Waals surface area contributed by atoms with E-state index in [4.69, 9.17) is 4.74 Å². The molecule has 1 saturated carbocycles. The van der Waals surface area contributed by atoms with Crippen molar-refractivity contribution in [2.45, 2.75) is 44.8 Å². The summed E-state index contributed by atoms with van der Waals surface area (Å²) in [6.07, 6.45) is 4.13. The molecule has 0 saturated heterocycles. The van der Waals surface area contributed by atoms with E-state index in [1.165, 1.54) is 0 Å². The van der Waals surface area contributed by atoms with Crippen LogP contribution in [0.2, 0.25) is 0 Å². The zero-order valence-electron chi connectivity index (χ0n) is 10.4. The Morgan fingerprint density at radius 3 is 2.88 bits per heavy atom. The number of rotatable bonds is 2. The molecule has 1 aromatic heterocycles. The second-order valence-electron chi connectivity index (χ2n) is 5.45. The Labute approximate surface area is 101 Å². The van der Waals surface area contributed by atoms with Gasteiger partial charge in [0, 0.05) is 23.9 Å². The largest absolute Gasteiger partial charge is 0.446 e. The monoisotopic (exact) mass is 234 g/mol. The molecule has 92 valence electrons. The molecule has 2 rings (SSSR count). The highest BCUT2D eigenvalue weighted by Gasteiger charge is 2.42. The van der Waals surface area contributed by atoms with Crippen LogP contribution in [0.3, 0.4) is 0 Å². The lowest BCUT2D eigenvalue weighted by Gasteiger charge is -2.20. The molecule has 1 heterocycles. The number of carbonyl (C=O) groups is 1. The standard InChI is InChI=1S/C13H18N2O2/c1-13(2,3)15-12(16)17-11-7-10(11)9-5-4-6-14-8-9/h4-6,8,10-11H,7H2,1-3H3,(H,15,16). The van der Waals surface area contributed by atoms with Crippen molar-refractivity contribution in [2.24, 2.45) is 0 Å². The Hall–Kier alpha value is -1.58. The van der Waals surface area contributed by atoms with E-state index in [1.807, 2.05) is 39.1 Å². The van der Waals surface area contributed by atoms with Gasteiger partial charge in [0.1, 0.15) is 6.10 Å². The van der Waals surface area contributed by atoms with Crippen LogP contribution in [0.1, 0.15) is 38.7 Å². The zero-order valence-corrected chi connectivity index (χ0v) is 10.4. The summed E-state index contributed by atoms with van der Waals surface area (Å²) in [5.74, 6) is 0.314. The van der Waals surface area contributed by atoms with Gasteiger partial charge in [-0.25, -0.2) is 4.79 Å². The second-order valence-corrected chi connectivity index (χ2v) is 5.45. The minimum absolute atomic E-state index is 0.00144. The van der Waals surface area contributed by atoms with Crippen LogP contribution in [-0.2, 0) is 4.74 Å². The van der Waals surface area contributed by atoms with Gasteiger partial charge in [-0.3, -0.25) is 4.98 Å². The van der Waals surface area contributed by atoms with Gasteiger partial charge in [-0.2, -0.15) is 0 Å². The summed E-state index contributed by atoms with van der Waals surface area (Å²) in [7, 11) is 0. The number of hydrogen-bond acceptors (Lipinski definition) is 3. The van der Waals surface area contributed by atoms with E-state index < -0.39 is 0 Å². The third-order valence-corrected chi connectivity index (χ3v) is 2.58. The smallest absolute Gasteiger partial charge is 0.407 e. The van der Waals surface area contributed by atoms with E-state index in [-0.39, 0.29) is 17.7 Å². The van der Waals surface area contributed by atoms with E-state index in [2.05, 4.69) is 10.3 Å². The third-order valence-electron chi connectivity index (χ3n) is 2.58. The van der Waals surface area contributed by atoms with Gasteiger partial charge in [0.25, 0.3) is 0 Å². The zero-order chi connectivity index (χ0) is 12.5. The van der Waals surface area contributed by atoms with Crippen molar-refractivity contribution in [1.29, 1.82) is 0 Å². The molecule has 0 aromatic carbocycles. The van der Waals surface area contributed by atoms with E-state index >= 15 is 0 Å². The molecular formula is C13H18N2O2. The summed E-state index contributed by atoms with van der Waals surface area (Å²) in [6.45, 7) is 5.79. The number of ether oxygens (including phenoxy) is 1. The van der Waals surface area contributed by atoms with Crippen molar-refractivity contribution >= 4 is 6.09 Å². The molecule has 4 nitrogen and oxygen atoms in total. The SMILES string of the molecule is CC(C)(C)NC(=O)OC1CC1c1cccnc1. The molecular weight excluding hydrogens is 216 g/mol. The van der Waals surface area contributed by atoms with E-state index in [1.54, 1.807) is 6.20 Å². The van der Waals surface area contributed by atoms with Crippen LogP contribution < -0.4 is 5.32 Å². The maximum Gasteiger partial charge on any atom is 0.407 e. The number of carbonyl (C=O) groups excluding carboxylic acids is 1. The number of hydrogen-bond donors (Lipinski definition) is 1. The van der Waals surface area contributed by atoms with Gasteiger partial charge in [-0.15, -0.1) is 0 Å². The summed E-state index contributed by atoms with van der Waals surface area (Å²) in [5, 5.41) is 2.79. The lowest BCUT2D eigenvalue weighted by Crippen LogP contribution is -2.41. The molecule has 1 aromatic rings. The average molecular weight is 234 g/mol. The van der Waals surface area contributed by atoms with Crippen LogP contribution in [-0.4, -0.2) is 22.7 Å². The number of amides is 1. The maximum absolute atomic E-state index is 11.5. The van der Waals surface area contributed by atoms with Gasteiger partial charge >= 0.3 is 6.09 Å². The molecule has 2 atom stereocenters. The van der Waals surface area contributed by atoms with Gasteiger partial charge in [0.15, 0.2) is 0 Å². The predicted molar refractivity (Wildman–Crippen MR) is 64.8 cm³/mol. The summed E-state index contributed by atoms with van der Waals surface area (Å²) >= 11 is 0. The van der Waals surface area contributed by atoms with Gasteiger partial charge in [0.05, 0.1) is 0 Å². The molecule has 1 fully saturated rings. The highest BCUT2D eigenvalue weighted by Crippen LogP contribution is 2.42. The van der Waals surface area contributed by atoms with Crippen molar-refractivity contribution in [3.63, 3.8) is 0 Å². The van der Waals surface area contributed by atoms with Crippen molar-refractivity contribution in [3.05, 3.63) is 30.1 Å². The molecule has 0 radical (unpaired) electrons. The highest BCUT2D eigenvalue weighted by atomic mass is 16.6. The van der Waals surface area contributed by atoms with Crippen LogP contribution in [0.15, 0.2) is 24.5 Å². The molecule has 0 bridgehead atoms. The summed E-state index contributed by atoms with van der Waals surface area (Å²) in [4.78, 5) is 15.6. The molecule has 1 aliphatic carbocycles. The van der Waals surface area contributed by atoms with Crippen LogP contribution in [0.25, 0.3) is 0 Å². The van der Waals surface area contributed by atoms with Crippen LogP contribution in [0, 0.1) is 0 Å². The third kappa shape index (κ3) is 3.44. The van der Waals surface area contributed by atoms with E-state index in [0.717, 1.165) is 12.0 Å². The van der Waals surface area contributed by atoms with Crippen LogP contribution in [0.4, 0.5) is 4.79 Å². The Morgan fingerprint density at radius 1 is 1.53 bits per heavy atom. The maximum atomic E-state index is 11.5. The Bertz CT molecular complexity index is 398. The summed E-state index contributed by atoms with van der Waals surface area (Å²) in [6, 6.07) is 3.92. The number of alkyl carbamates (subject to hydrolysis) is 1. The summed E-state index contributed by atoms with van der Waals surface area (Å²) < 4.78 is 5.33. The van der Waals surface area contributed by atoms with Crippen LogP contribution >= 0.6 is 0 Å². The van der Waals surface area contributed by atoms with Crippen molar-refractivity contribution < 1.29 is 9.53 Å². The molecule has 17 heavy (non-hydrogen) atoms. The molecule has 1 aliphatic rings. The van der Waals surface area contributed by atoms with Crippen LogP contribution in [0.5, 0.6) is 0 Å². The quantitative estimate of drug-likeness (QED) is 0.855. The number of pyridine rings is 1. The number of aromatic nitrogens is 1. The average Bonchev–Trinajstić information content (AvgIpc) is 2.95. The fourth-order valence-electron chi connectivity index (χ4n) is 1.72. The first-order chi connectivity index (χ1) is 7.96. The highest BCUT2D eigenvalue weighted by molar-refractivity contribution is 5.68. The van der Waals surface area contributed by atoms with E-state index in [9.17, 15) is 4.79 Å². The first-order valence-electron chi connectivity index (χ1n) is 5.84. The van der Waals surface area contributed by atoms with Gasteiger partial charge < -0.3 is 10.1 Å². The summed E-state index contributed by atoms with van der Waals surface area (Å²) in [5.41, 5.74) is 0.886. The van der Waals surface area contributed by atoms with Gasteiger partial charge in [-0.1, -0.05) is 6.07 Å². The normalized spacial score (nSPS) is 23.0. The Morgan fingerprint density at radius 2 is 2.29 bits per heavy atom. The predicted octanol–water partition coefficient (Wildman–Crippen LogP) is 2.46. The molecule has 0 spiro atoms. The second kappa shape index (κ2) is 4.35. The minimum atomic E-state index is -0.339. The molecule has 2 unspecified atom stereocenters. The first-order valence-corrected chi connectivity index (χ1v) is 5.84. The van der Waals surface area contributed by atoms with Crippen molar-refractivity contribution in [1.82, 2.24) is 10.3 Å².